The highest BCUT2D eigenvalue weighted by molar-refractivity contribution is 5.94. The van der Waals surface area contributed by atoms with Gasteiger partial charge in [0.2, 0.25) is 5.91 Å². The summed E-state index contributed by atoms with van der Waals surface area (Å²) in [4.78, 5) is 35.2. The zero-order valence-corrected chi connectivity index (χ0v) is 10.3. The Hall–Kier alpha value is -2.18. The lowest BCUT2D eigenvalue weighted by molar-refractivity contribution is -0.118. The molecule has 3 N–H and O–H groups in total. The summed E-state index contributed by atoms with van der Waals surface area (Å²) in [7, 11) is 0. The number of nitrogens with zero attached hydrogens (tertiary/aromatic N) is 2. The Morgan fingerprint density at radius 2 is 2.11 bits per heavy atom. The van der Waals surface area contributed by atoms with Crippen LogP contribution in [-0.4, -0.2) is 40.0 Å². The molecule has 1 heterocycles. The maximum absolute atomic E-state index is 12.1. The van der Waals surface area contributed by atoms with Crippen LogP contribution < -0.4 is 11.3 Å². The Morgan fingerprint density at radius 1 is 1.44 bits per heavy atom. The Balaban J connectivity index is 2.90. The number of amides is 2. The van der Waals surface area contributed by atoms with Crippen molar-refractivity contribution >= 4 is 11.8 Å². The van der Waals surface area contributed by atoms with E-state index in [0.29, 0.717) is 6.54 Å². The molecule has 2 amide bonds. The van der Waals surface area contributed by atoms with Crippen LogP contribution in [0, 0.1) is 5.92 Å². The molecule has 0 radical (unpaired) electrons. The van der Waals surface area contributed by atoms with Crippen LogP contribution in [0.1, 0.15) is 24.3 Å². The summed E-state index contributed by atoms with van der Waals surface area (Å²) in [5.41, 5.74) is 4.79. The van der Waals surface area contributed by atoms with E-state index in [4.69, 9.17) is 5.73 Å². The summed E-state index contributed by atoms with van der Waals surface area (Å²) in [6, 6.07) is 2.52. The zero-order chi connectivity index (χ0) is 13.7. The van der Waals surface area contributed by atoms with E-state index in [1.807, 2.05) is 13.8 Å². The fourth-order valence-electron chi connectivity index (χ4n) is 1.47. The van der Waals surface area contributed by atoms with Crippen molar-refractivity contribution in [2.24, 2.45) is 11.7 Å². The smallest absolute Gasteiger partial charge is 0.274 e. The zero-order valence-electron chi connectivity index (χ0n) is 10.3. The number of carbonyl (C=O) groups excluding carboxylic acids is 2. The molecule has 98 valence electrons. The molecule has 1 aromatic rings. The fraction of sp³-hybridized carbons (Fsp3) is 0.455. The molecule has 0 aliphatic rings. The van der Waals surface area contributed by atoms with Gasteiger partial charge in [-0.3, -0.25) is 14.4 Å². The first-order valence-corrected chi connectivity index (χ1v) is 5.53. The number of aromatic amines is 1. The lowest BCUT2D eigenvalue weighted by atomic mass is 10.2. The van der Waals surface area contributed by atoms with Gasteiger partial charge in [0.15, 0.2) is 0 Å². The number of carbonyl (C=O) groups is 2. The molecule has 0 fully saturated rings. The predicted molar refractivity (Wildman–Crippen MR) is 64.8 cm³/mol. The van der Waals surface area contributed by atoms with Gasteiger partial charge in [-0.05, 0) is 12.0 Å². The third kappa shape index (κ3) is 4.00. The van der Waals surface area contributed by atoms with Crippen molar-refractivity contribution in [2.45, 2.75) is 13.8 Å². The molecule has 7 heteroatoms. The van der Waals surface area contributed by atoms with Crippen LogP contribution in [-0.2, 0) is 4.79 Å². The molecule has 0 aliphatic carbocycles. The standard InChI is InChI=1S/C11H16N4O3/c1-7(2)5-15(6-9(12)16)11(18)8-3-4-10(17)14-13-8/h3-4,7H,5-6H2,1-2H3,(H2,12,16)(H,14,17). The molecule has 0 unspecified atom stereocenters. The van der Waals surface area contributed by atoms with E-state index in [0.717, 1.165) is 0 Å². The van der Waals surface area contributed by atoms with Crippen LogP contribution in [0.2, 0.25) is 0 Å². The second-order valence-electron chi connectivity index (χ2n) is 4.35. The van der Waals surface area contributed by atoms with E-state index in [2.05, 4.69) is 10.2 Å². The van der Waals surface area contributed by atoms with Crippen LogP contribution in [0.4, 0.5) is 0 Å². The number of H-pyrrole nitrogens is 1. The summed E-state index contributed by atoms with van der Waals surface area (Å²) in [6.07, 6.45) is 0. The number of hydrogen-bond acceptors (Lipinski definition) is 4. The maximum Gasteiger partial charge on any atom is 0.274 e. The van der Waals surface area contributed by atoms with Gasteiger partial charge in [0.1, 0.15) is 5.69 Å². The number of nitrogens with one attached hydrogen (secondary N) is 1. The summed E-state index contributed by atoms with van der Waals surface area (Å²) >= 11 is 0. The lowest BCUT2D eigenvalue weighted by Crippen LogP contribution is -2.41. The number of aromatic nitrogens is 2. The molecule has 0 saturated heterocycles. The van der Waals surface area contributed by atoms with Crippen LogP contribution in [0.25, 0.3) is 0 Å². The molecule has 1 rings (SSSR count). The third-order valence-electron chi connectivity index (χ3n) is 2.12. The minimum absolute atomic E-state index is 0.0801. The Kier molecular flexibility index (Phi) is 4.59. The van der Waals surface area contributed by atoms with Gasteiger partial charge in [0, 0.05) is 12.6 Å². The Bertz CT molecular complexity index is 475. The van der Waals surface area contributed by atoms with E-state index < -0.39 is 17.4 Å². The monoisotopic (exact) mass is 252 g/mol. The van der Waals surface area contributed by atoms with Gasteiger partial charge in [0.25, 0.3) is 11.5 Å². The van der Waals surface area contributed by atoms with Gasteiger partial charge in [-0.25, -0.2) is 5.10 Å². The van der Waals surface area contributed by atoms with Gasteiger partial charge in [-0.15, -0.1) is 0 Å². The van der Waals surface area contributed by atoms with Crippen molar-refractivity contribution < 1.29 is 9.59 Å². The normalized spacial score (nSPS) is 10.4. The van der Waals surface area contributed by atoms with Gasteiger partial charge in [-0.1, -0.05) is 13.8 Å². The van der Waals surface area contributed by atoms with Gasteiger partial charge in [-0.2, -0.15) is 5.10 Å². The highest BCUT2D eigenvalue weighted by Crippen LogP contribution is 2.03. The molecule has 0 bridgehead atoms. The average molecular weight is 252 g/mol. The number of nitrogens with two attached hydrogens (primary N) is 1. The predicted octanol–water partition coefficient (Wildman–Crippen LogP) is -0.647. The average Bonchev–Trinajstić information content (AvgIpc) is 2.27. The van der Waals surface area contributed by atoms with Crippen LogP contribution in [0.3, 0.4) is 0 Å². The molecule has 0 aliphatic heterocycles. The van der Waals surface area contributed by atoms with Crippen LogP contribution in [0.15, 0.2) is 16.9 Å². The first-order valence-electron chi connectivity index (χ1n) is 5.53. The molecule has 0 atom stereocenters. The number of primary amides is 1. The van der Waals surface area contributed by atoms with Gasteiger partial charge < -0.3 is 10.6 Å². The van der Waals surface area contributed by atoms with E-state index in [-0.39, 0.29) is 18.2 Å². The van der Waals surface area contributed by atoms with E-state index in [1.54, 1.807) is 0 Å². The molecular weight excluding hydrogens is 236 g/mol. The largest absolute Gasteiger partial charge is 0.368 e. The highest BCUT2D eigenvalue weighted by atomic mass is 16.2. The molecule has 7 nitrogen and oxygen atoms in total. The molecule has 0 aromatic carbocycles. The summed E-state index contributed by atoms with van der Waals surface area (Å²) in [5.74, 6) is -0.830. The first kappa shape index (κ1) is 13.9. The minimum atomic E-state index is -0.589. The third-order valence-corrected chi connectivity index (χ3v) is 2.12. The number of rotatable bonds is 5. The second kappa shape index (κ2) is 5.95. The van der Waals surface area contributed by atoms with Crippen molar-refractivity contribution in [2.75, 3.05) is 13.1 Å². The van der Waals surface area contributed by atoms with Crippen molar-refractivity contribution in [3.05, 3.63) is 28.2 Å². The van der Waals surface area contributed by atoms with Crippen molar-refractivity contribution in [3.63, 3.8) is 0 Å². The molecule has 1 aromatic heterocycles. The molecular formula is C11H16N4O3. The van der Waals surface area contributed by atoms with Crippen LogP contribution in [0.5, 0.6) is 0 Å². The topological polar surface area (TPSA) is 109 Å². The van der Waals surface area contributed by atoms with Crippen LogP contribution >= 0.6 is 0 Å². The molecule has 0 saturated carbocycles. The second-order valence-corrected chi connectivity index (χ2v) is 4.35. The van der Waals surface area contributed by atoms with Crippen molar-refractivity contribution in [1.82, 2.24) is 15.1 Å². The minimum Gasteiger partial charge on any atom is -0.368 e. The van der Waals surface area contributed by atoms with E-state index in [1.165, 1.54) is 17.0 Å². The van der Waals surface area contributed by atoms with Crippen molar-refractivity contribution in [1.29, 1.82) is 0 Å². The first-order chi connectivity index (χ1) is 8.40. The Morgan fingerprint density at radius 3 is 2.56 bits per heavy atom. The maximum atomic E-state index is 12.1. The van der Waals surface area contributed by atoms with Gasteiger partial charge >= 0.3 is 0 Å². The van der Waals surface area contributed by atoms with E-state index in [9.17, 15) is 14.4 Å². The summed E-state index contributed by atoms with van der Waals surface area (Å²) in [5, 5.41) is 5.81. The fourth-order valence-corrected chi connectivity index (χ4v) is 1.47. The highest BCUT2D eigenvalue weighted by Gasteiger charge is 2.19. The molecule has 18 heavy (non-hydrogen) atoms. The lowest BCUT2D eigenvalue weighted by Gasteiger charge is -2.22. The van der Waals surface area contributed by atoms with Crippen molar-refractivity contribution in [3.8, 4) is 0 Å². The van der Waals surface area contributed by atoms with Gasteiger partial charge in [0.05, 0.1) is 6.54 Å². The SMILES string of the molecule is CC(C)CN(CC(N)=O)C(=O)c1ccc(=O)[nH]n1. The number of hydrogen-bond donors (Lipinski definition) is 2. The quantitative estimate of drug-likeness (QED) is 0.725. The Labute approximate surface area is 104 Å². The van der Waals surface area contributed by atoms with E-state index >= 15 is 0 Å². The summed E-state index contributed by atoms with van der Waals surface area (Å²) < 4.78 is 0. The molecule has 0 spiro atoms. The summed E-state index contributed by atoms with van der Waals surface area (Å²) in [6.45, 7) is 4.06.